The van der Waals surface area contributed by atoms with Crippen molar-refractivity contribution in [1.82, 2.24) is 19.8 Å². The van der Waals surface area contributed by atoms with Crippen LogP contribution in [-0.2, 0) is 21.8 Å². The van der Waals surface area contributed by atoms with Gasteiger partial charge in [0.2, 0.25) is 5.79 Å². The molecule has 0 radical (unpaired) electrons. The number of nitrogens with zero attached hydrogens (tertiary/aromatic N) is 4. The smallest absolute Gasteiger partial charge is 0.317 e. The van der Waals surface area contributed by atoms with Crippen molar-refractivity contribution >= 4 is 34.9 Å². The average molecular weight is 578 g/mol. The number of piperazine rings is 1. The summed E-state index contributed by atoms with van der Waals surface area (Å²) in [5.41, 5.74) is 1.81. The van der Waals surface area contributed by atoms with Crippen LogP contribution in [0.4, 0.5) is 10.5 Å². The van der Waals surface area contributed by atoms with Crippen LogP contribution in [0, 0.1) is 0 Å². The Morgan fingerprint density at radius 1 is 1.15 bits per heavy atom. The van der Waals surface area contributed by atoms with Crippen molar-refractivity contribution in [3.63, 3.8) is 0 Å². The van der Waals surface area contributed by atoms with Crippen molar-refractivity contribution in [3.05, 3.63) is 76.8 Å². The number of rotatable bonds is 8. The third kappa shape index (κ3) is 6.77. The highest BCUT2D eigenvalue weighted by Crippen LogP contribution is 2.40. The first kappa shape index (κ1) is 29.0. The van der Waals surface area contributed by atoms with Gasteiger partial charge in [0, 0.05) is 61.4 Å². The number of anilines is 1. The van der Waals surface area contributed by atoms with Gasteiger partial charge in [0.15, 0.2) is 0 Å². The minimum Gasteiger partial charge on any atom is -0.491 e. The summed E-state index contributed by atoms with van der Waals surface area (Å²) in [4.78, 5) is 20.3. The molecule has 0 aliphatic carbocycles. The number of carbonyl (C=O) groups is 1. The summed E-state index contributed by atoms with van der Waals surface area (Å²) in [5.74, 6) is -0.342. The van der Waals surface area contributed by atoms with Gasteiger partial charge in [-0.3, -0.25) is 0 Å². The number of carbonyl (C=O) groups excluding carboxylic acids is 1. The van der Waals surface area contributed by atoms with Crippen LogP contribution >= 0.6 is 23.2 Å². The van der Waals surface area contributed by atoms with Gasteiger partial charge in [0.25, 0.3) is 0 Å². The van der Waals surface area contributed by atoms with Crippen molar-refractivity contribution in [2.75, 3.05) is 50.8 Å². The van der Waals surface area contributed by atoms with Crippen LogP contribution in [0.5, 0.6) is 5.75 Å². The van der Waals surface area contributed by atoms with Crippen LogP contribution < -0.4 is 15.0 Å². The molecule has 2 fully saturated rings. The molecule has 1 aromatic heterocycles. The van der Waals surface area contributed by atoms with Gasteiger partial charge in [0.05, 0.1) is 24.5 Å². The molecule has 0 spiro atoms. The van der Waals surface area contributed by atoms with Crippen LogP contribution in [0.2, 0.25) is 10.0 Å². The van der Waals surface area contributed by atoms with Crippen LogP contribution in [0.3, 0.4) is 0 Å². The Kier molecular flexibility index (Phi) is 9.58. The average Bonchev–Trinajstić information content (AvgIpc) is 3.59. The number of benzene rings is 2. The van der Waals surface area contributed by atoms with Gasteiger partial charge in [0.1, 0.15) is 18.5 Å². The number of aromatic nitrogens is 2. The molecule has 3 N–H and O–H groups in total. The zero-order chi connectivity index (χ0) is 26.5. The van der Waals surface area contributed by atoms with Crippen molar-refractivity contribution in [1.29, 1.82) is 0 Å². The van der Waals surface area contributed by atoms with Gasteiger partial charge in [-0.05, 0) is 43.3 Å². The topological polar surface area (TPSA) is 113 Å². The molecule has 0 unspecified atom stereocenters. The summed E-state index contributed by atoms with van der Waals surface area (Å²) in [6.45, 7) is 6.59. The Morgan fingerprint density at radius 2 is 1.92 bits per heavy atom. The Balaban J connectivity index is 0.00000353. The van der Waals surface area contributed by atoms with E-state index in [1.54, 1.807) is 24.7 Å². The van der Waals surface area contributed by atoms with Crippen LogP contribution in [0.25, 0.3) is 0 Å². The zero-order valence-corrected chi connectivity index (χ0v) is 23.2. The van der Waals surface area contributed by atoms with E-state index >= 15 is 0 Å². The van der Waals surface area contributed by atoms with Crippen molar-refractivity contribution in [2.45, 2.75) is 25.4 Å². The molecule has 39 heavy (non-hydrogen) atoms. The molecule has 3 heterocycles. The molecular formula is C27H33Cl2N5O5. The van der Waals surface area contributed by atoms with E-state index in [1.807, 2.05) is 52.9 Å². The van der Waals surface area contributed by atoms with E-state index in [9.17, 15) is 4.79 Å². The van der Waals surface area contributed by atoms with Crippen molar-refractivity contribution in [2.24, 2.45) is 0 Å². The maximum absolute atomic E-state index is 12.0. The van der Waals surface area contributed by atoms with E-state index in [1.165, 1.54) is 0 Å². The first-order chi connectivity index (χ1) is 18.5. The van der Waals surface area contributed by atoms with E-state index in [4.69, 9.17) is 37.4 Å². The highest BCUT2D eigenvalue weighted by molar-refractivity contribution is 6.35. The monoisotopic (exact) mass is 577 g/mol. The minimum absolute atomic E-state index is 0. The van der Waals surface area contributed by atoms with E-state index < -0.39 is 5.79 Å². The lowest BCUT2D eigenvalue weighted by atomic mass is 10.1. The fraction of sp³-hybridized carbons (Fsp3) is 0.407. The molecule has 2 atom stereocenters. The summed E-state index contributed by atoms with van der Waals surface area (Å²) < 4.78 is 20.6. The van der Waals surface area contributed by atoms with E-state index in [0.717, 1.165) is 24.5 Å². The van der Waals surface area contributed by atoms with Gasteiger partial charge in [-0.25, -0.2) is 9.78 Å². The summed E-state index contributed by atoms with van der Waals surface area (Å²) in [5, 5.41) is 3.88. The highest BCUT2D eigenvalue weighted by Gasteiger charge is 2.45. The quantitative estimate of drug-likeness (QED) is 0.438. The first-order valence-corrected chi connectivity index (χ1v) is 13.4. The van der Waals surface area contributed by atoms with Gasteiger partial charge < -0.3 is 39.4 Å². The number of ether oxygens (including phenoxy) is 3. The van der Waals surface area contributed by atoms with Gasteiger partial charge in [-0.2, -0.15) is 0 Å². The summed E-state index contributed by atoms with van der Waals surface area (Å²) in [6, 6.07) is 13.3. The zero-order valence-electron chi connectivity index (χ0n) is 21.7. The lowest BCUT2D eigenvalue weighted by Gasteiger charge is -2.36. The Bertz CT molecular complexity index is 1220. The molecule has 2 amide bonds. The molecule has 10 nitrogen and oxygen atoms in total. The summed E-state index contributed by atoms with van der Waals surface area (Å²) in [6.07, 6.45) is 4.97. The number of nitrogens with one attached hydrogen (secondary N) is 1. The normalized spacial score (nSPS) is 20.9. The van der Waals surface area contributed by atoms with Crippen molar-refractivity contribution in [3.8, 4) is 5.75 Å². The second-order valence-electron chi connectivity index (χ2n) is 9.28. The molecule has 210 valence electrons. The Morgan fingerprint density at radius 3 is 2.59 bits per heavy atom. The first-order valence-electron chi connectivity index (χ1n) is 12.7. The molecular weight excluding hydrogens is 545 g/mol. The van der Waals surface area contributed by atoms with E-state index in [-0.39, 0.29) is 17.6 Å². The summed E-state index contributed by atoms with van der Waals surface area (Å²) in [7, 11) is 0. The molecule has 0 bridgehead atoms. The van der Waals surface area contributed by atoms with Gasteiger partial charge >= 0.3 is 6.03 Å². The number of halogens is 2. The van der Waals surface area contributed by atoms with Crippen LogP contribution in [0.15, 0.2) is 61.2 Å². The second-order valence-corrected chi connectivity index (χ2v) is 10.1. The minimum atomic E-state index is -1.09. The largest absolute Gasteiger partial charge is 0.491 e. The molecule has 3 aromatic rings. The lowest BCUT2D eigenvalue weighted by Crippen LogP contribution is -2.51. The molecule has 12 heteroatoms. The Hall–Kier alpha value is -3.02. The lowest BCUT2D eigenvalue weighted by molar-refractivity contribution is -0.189. The molecule has 0 saturated carbocycles. The molecule has 2 aliphatic heterocycles. The SMILES string of the molecule is CCNC(=O)N1CCN(c2ccc(OC[C@@H]3CO[C@@](Cn4ccnc4)(c4ccc(Cl)cc4Cl)O3)cc2)CC1.O. The van der Waals surface area contributed by atoms with E-state index in [2.05, 4.69) is 15.2 Å². The third-order valence-electron chi connectivity index (χ3n) is 6.68. The van der Waals surface area contributed by atoms with Crippen molar-refractivity contribution < 1.29 is 24.5 Å². The molecule has 2 aromatic carbocycles. The third-order valence-corrected chi connectivity index (χ3v) is 7.23. The predicted molar refractivity (Wildman–Crippen MR) is 150 cm³/mol. The Labute approximate surface area is 237 Å². The van der Waals surface area contributed by atoms with E-state index in [0.29, 0.717) is 55.0 Å². The maximum Gasteiger partial charge on any atom is 0.317 e. The fourth-order valence-electron chi connectivity index (χ4n) is 4.75. The second kappa shape index (κ2) is 12.9. The number of hydrogen-bond acceptors (Lipinski definition) is 6. The number of hydrogen-bond donors (Lipinski definition) is 1. The molecule has 5 rings (SSSR count). The number of imidazole rings is 1. The summed E-state index contributed by atoms with van der Waals surface area (Å²) >= 11 is 12.7. The number of urea groups is 1. The van der Waals surface area contributed by atoms with Crippen LogP contribution in [0.1, 0.15) is 12.5 Å². The number of amides is 2. The molecule has 2 saturated heterocycles. The molecule has 2 aliphatic rings. The standard InChI is InChI=1S/C27H31Cl2N5O4.H2O/c1-2-31-26(35)34-13-11-33(12-14-34)21-4-6-22(7-5-21)36-16-23-17-37-27(38-23,18-32-10-9-30-19-32)24-8-3-20(28)15-25(24)29;/h3-10,15,19,23H,2,11-14,16-18H2,1H3,(H,31,35);1H2/t23-,27-;/m1./s1. The van der Waals surface area contributed by atoms with Gasteiger partial charge in [-0.1, -0.05) is 29.3 Å². The predicted octanol–water partition coefficient (Wildman–Crippen LogP) is 3.56. The highest BCUT2D eigenvalue weighted by atomic mass is 35.5. The maximum atomic E-state index is 12.0. The fourth-order valence-corrected chi connectivity index (χ4v) is 5.30. The van der Waals surface area contributed by atoms with Gasteiger partial charge in [-0.15, -0.1) is 0 Å². The van der Waals surface area contributed by atoms with Crippen LogP contribution in [-0.4, -0.2) is 78.0 Å².